The molecule has 0 bridgehead atoms. The molecule has 0 aliphatic carbocycles. The first-order valence-electron chi connectivity index (χ1n) is 6.39. The minimum atomic E-state index is -0.203. The molecule has 1 heterocycles. The molecule has 1 aliphatic rings. The monoisotopic (exact) mass is 287 g/mol. The van der Waals surface area contributed by atoms with Gasteiger partial charge in [-0.2, -0.15) is 0 Å². The quantitative estimate of drug-likeness (QED) is 0.922. The van der Waals surface area contributed by atoms with Crippen LogP contribution in [0.3, 0.4) is 0 Å². The molecule has 0 spiro atoms. The molecular formula is C16H14ClNO2. The zero-order valence-electron chi connectivity index (χ0n) is 11.0. The van der Waals surface area contributed by atoms with Gasteiger partial charge in [0.2, 0.25) is 5.91 Å². The Labute approximate surface area is 122 Å². The lowest BCUT2D eigenvalue weighted by molar-refractivity contribution is -0.121. The molecule has 0 saturated heterocycles. The molecule has 4 heteroatoms. The number of carbonyl (C=O) groups is 1. The molecule has 0 saturated carbocycles. The highest BCUT2D eigenvalue weighted by molar-refractivity contribution is 6.31. The fourth-order valence-electron chi connectivity index (χ4n) is 2.56. The number of carbonyl (C=O) groups excluding carboxylic acids is 1. The van der Waals surface area contributed by atoms with Crippen molar-refractivity contribution in [2.75, 3.05) is 7.11 Å². The maximum absolute atomic E-state index is 11.9. The van der Waals surface area contributed by atoms with Gasteiger partial charge in [-0.3, -0.25) is 4.79 Å². The summed E-state index contributed by atoms with van der Waals surface area (Å²) in [4.78, 5) is 11.9. The average Bonchev–Trinajstić information content (AvgIpc) is 2.46. The van der Waals surface area contributed by atoms with Gasteiger partial charge in [0.05, 0.1) is 19.6 Å². The number of hydrogen-bond donors (Lipinski definition) is 1. The van der Waals surface area contributed by atoms with Crippen molar-refractivity contribution in [1.29, 1.82) is 0 Å². The molecule has 1 atom stereocenters. The highest BCUT2D eigenvalue weighted by atomic mass is 35.5. The zero-order chi connectivity index (χ0) is 14.1. The fourth-order valence-corrected chi connectivity index (χ4v) is 2.81. The van der Waals surface area contributed by atoms with E-state index in [1.807, 2.05) is 42.5 Å². The average molecular weight is 288 g/mol. The van der Waals surface area contributed by atoms with E-state index in [4.69, 9.17) is 16.3 Å². The summed E-state index contributed by atoms with van der Waals surface area (Å²) in [5.41, 5.74) is 2.96. The van der Waals surface area contributed by atoms with Crippen LogP contribution in [0.5, 0.6) is 5.75 Å². The van der Waals surface area contributed by atoms with Crippen molar-refractivity contribution in [2.45, 2.75) is 12.5 Å². The van der Waals surface area contributed by atoms with Crippen LogP contribution in [0.4, 0.5) is 0 Å². The molecule has 1 amide bonds. The molecule has 0 radical (unpaired) electrons. The van der Waals surface area contributed by atoms with Crippen LogP contribution in [-0.2, 0) is 11.2 Å². The molecule has 3 nitrogen and oxygen atoms in total. The van der Waals surface area contributed by atoms with Gasteiger partial charge in [0.1, 0.15) is 5.75 Å². The summed E-state index contributed by atoms with van der Waals surface area (Å²) in [6.07, 6.45) is 0.369. The van der Waals surface area contributed by atoms with Crippen LogP contribution >= 0.6 is 11.6 Å². The lowest BCUT2D eigenvalue weighted by Crippen LogP contribution is -2.35. The van der Waals surface area contributed by atoms with Crippen LogP contribution < -0.4 is 10.1 Å². The Balaban J connectivity index is 2.11. The summed E-state index contributed by atoms with van der Waals surface area (Å²) >= 11 is 6.25. The summed E-state index contributed by atoms with van der Waals surface area (Å²) in [6, 6.07) is 13.2. The van der Waals surface area contributed by atoms with Gasteiger partial charge in [-0.25, -0.2) is 0 Å². The van der Waals surface area contributed by atoms with Gasteiger partial charge in [-0.1, -0.05) is 35.9 Å². The highest BCUT2D eigenvalue weighted by Crippen LogP contribution is 2.34. The molecule has 102 valence electrons. The third-order valence-electron chi connectivity index (χ3n) is 3.53. The number of rotatable bonds is 2. The SMILES string of the molecule is COc1ccc2c(c1)CC(=O)NC2c1ccccc1Cl. The van der Waals surface area contributed by atoms with Crippen LogP contribution in [-0.4, -0.2) is 13.0 Å². The van der Waals surface area contributed by atoms with Crippen LogP contribution in [0.15, 0.2) is 42.5 Å². The zero-order valence-corrected chi connectivity index (χ0v) is 11.8. The van der Waals surface area contributed by atoms with Crippen LogP contribution in [0.1, 0.15) is 22.7 Å². The predicted octanol–water partition coefficient (Wildman–Crippen LogP) is 3.11. The second kappa shape index (κ2) is 5.17. The number of ether oxygens (including phenoxy) is 1. The largest absolute Gasteiger partial charge is 0.497 e. The van der Waals surface area contributed by atoms with Gasteiger partial charge < -0.3 is 10.1 Å². The fraction of sp³-hybridized carbons (Fsp3) is 0.188. The minimum absolute atomic E-state index is 0.00401. The number of methoxy groups -OCH3 is 1. The van der Waals surface area contributed by atoms with Crippen molar-refractivity contribution in [3.8, 4) is 5.75 Å². The van der Waals surface area contributed by atoms with Crippen molar-refractivity contribution in [2.24, 2.45) is 0 Å². The normalized spacial score (nSPS) is 17.3. The standard InChI is InChI=1S/C16H14ClNO2/c1-20-11-6-7-12-10(8-11)9-15(19)18-16(12)13-4-2-3-5-14(13)17/h2-8,16H,9H2,1H3,(H,18,19). The molecule has 3 rings (SSSR count). The minimum Gasteiger partial charge on any atom is -0.497 e. The maximum Gasteiger partial charge on any atom is 0.225 e. The first-order valence-corrected chi connectivity index (χ1v) is 6.77. The first kappa shape index (κ1) is 13.0. The molecular weight excluding hydrogens is 274 g/mol. The van der Waals surface area contributed by atoms with E-state index in [9.17, 15) is 4.79 Å². The molecule has 1 unspecified atom stereocenters. The van der Waals surface area contributed by atoms with E-state index in [0.29, 0.717) is 11.4 Å². The Morgan fingerprint density at radius 2 is 2.00 bits per heavy atom. The Hall–Kier alpha value is -2.00. The van der Waals surface area contributed by atoms with Crippen molar-refractivity contribution in [3.05, 3.63) is 64.2 Å². The molecule has 2 aromatic rings. The number of amides is 1. The Bertz CT molecular complexity index is 669. The summed E-state index contributed by atoms with van der Waals surface area (Å²) in [7, 11) is 1.62. The van der Waals surface area contributed by atoms with Crippen LogP contribution in [0.2, 0.25) is 5.02 Å². The van der Waals surface area contributed by atoms with Gasteiger partial charge in [-0.05, 0) is 34.9 Å². The van der Waals surface area contributed by atoms with E-state index in [1.165, 1.54) is 0 Å². The van der Waals surface area contributed by atoms with Crippen molar-refractivity contribution >= 4 is 17.5 Å². The molecule has 20 heavy (non-hydrogen) atoms. The summed E-state index contributed by atoms with van der Waals surface area (Å²) < 4.78 is 5.22. The smallest absolute Gasteiger partial charge is 0.225 e. The van der Waals surface area contributed by atoms with Gasteiger partial charge in [0, 0.05) is 5.02 Å². The molecule has 2 aromatic carbocycles. The summed E-state index contributed by atoms with van der Waals surface area (Å²) in [6.45, 7) is 0. The summed E-state index contributed by atoms with van der Waals surface area (Å²) in [5.74, 6) is 0.757. The van der Waals surface area contributed by atoms with Crippen LogP contribution in [0.25, 0.3) is 0 Å². The molecule has 0 fully saturated rings. The van der Waals surface area contributed by atoms with Gasteiger partial charge in [-0.15, -0.1) is 0 Å². The second-order valence-electron chi connectivity index (χ2n) is 4.76. The van der Waals surface area contributed by atoms with Crippen molar-refractivity contribution < 1.29 is 9.53 Å². The van der Waals surface area contributed by atoms with E-state index < -0.39 is 0 Å². The number of nitrogens with one attached hydrogen (secondary N) is 1. The van der Waals surface area contributed by atoms with Crippen molar-refractivity contribution in [1.82, 2.24) is 5.32 Å². The molecule has 1 aliphatic heterocycles. The second-order valence-corrected chi connectivity index (χ2v) is 5.17. The lowest BCUT2D eigenvalue weighted by atomic mass is 9.89. The molecule has 0 aromatic heterocycles. The maximum atomic E-state index is 11.9. The Morgan fingerprint density at radius 3 is 2.75 bits per heavy atom. The Morgan fingerprint density at radius 1 is 1.20 bits per heavy atom. The number of benzene rings is 2. The third kappa shape index (κ3) is 2.25. The number of fused-ring (bicyclic) bond motifs is 1. The summed E-state index contributed by atoms with van der Waals surface area (Å²) in [5, 5.41) is 3.66. The van der Waals surface area contributed by atoms with E-state index >= 15 is 0 Å². The van der Waals surface area contributed by atoms with E-state index in [-0.39, 0.29) is 11.9 Å². The van der Waals surface area contributed by atoms with Crippen molar-refractivity contribution in [3.63, 3.8) is 0 Å². The van der Waals surface area contributed by atoms with Gasteiger partial charge in [0.25, 0.3) is 0 Å². The van der Waals surface area contributed by atoms with Gasteiger partial charge >= 0.3 is 0 Å². The van der Waals surface area contributed by atoms with Gasteiger partial charge in [0.15, 0.2) is 0 Å². The van der Waals surface area contributed by atoms with Crippen LogP contribution in [0, 0.1) is 0 Å². The predicted molar refractivity (Wildman–Crippen MR) is 78.1 cm³/mol. The van der Waals surface area contributed by atoms with E-state index in [1.54, 1.807) is 7.11 Å². The number of halogens is 1. The topological polar surface area (TPSA) is 38.3 Å². The van der Waals surface area contributed by atoms with E-state index in [0.717, 1.165) is 22.4 Å². The number of hydrogen-bond acceptors (Lipinski definition) is 2. The lowest BCUT2D eigenvalue weighted by Gasteiger charge is -2.28. The highest BCUT2D eigenvalue weighted by Gasteiger charge is 2.27. The molecule has 1 N–H and O–H groups in total. The third-order valence-corrected chi connectivity index (χ3v) is 3.88. The Kier molecular flexibility index (Phi) is 3.36. The first-order chi connectivity index (χ1) is 9.69. The van der Waals surface area contributed by atoms with E-state index in [2.05, 4.69) is 5.32 Å².